The van der Waals surface area contributed by atoms with Gasteiger partial charge in [0.2, 0.25) is 0 Å². The van der Waals surface area contributed by atoms with Crippen molar-refractivity contribution in [3.8, 4) is 5.75 Å². The first-order valence-corrected chi connectivity index (χ1v) is 5.53. The number of rotatable bonds is 5. The van der Waals surface area contributed by atoms with E-state index in [1.165, 1.54) is 12.1 Å². The topological polar surface area (TPSA) is 52.5 Å². The Balaban J connectivity index is 1.78. The summed E-state index contributed by atoms with van der Waals surface area (Å²) in [6, 6.07) is 4.30. The molecule has 1 fully saturated rings. The van der Waals surface area contributed by atoms with E-state index in [2.05, 4.69) is 5.32 Å². The molecular weight excluding hydrogens is 209 g/mol. The molecule has 0 aromatic heterocycles. The van der Waals surface area contributed by atoms with E-state index in [4.69, 9.17) is 5.11 Å². The maximum absolute atomic E-state index is 13.0. The Kier molecular flexibility index (Phi) is 3.41. The van der Waals surface area contributed by atoms with Crippen molar-refractivity contribution < 1.29 is 14.6 Å². The number of nitrogens with one attached hydrogen (secondary N) is 1. The minimum atomic E-state index is -0.609. The van der Waals surface area contributed by atoms with Crippen LogP contribution in [0.15, 0.2) is 18.2 Å². The molecule has 1 aromatic rings. The number of hydrogen-bond donors (Lipinski definition) is 3. The lowest BCUT2D eigenvalue weighted by Crippen LogP contribution is -2.27. The van der Waals surface area contributed by atoms with E-state index in [1.807, 2.05) is 0 Å². The van der Waals surface area contributed by atoms with E-state index in [1.54, 1.807) is 6.07 Å². The Morgan fingerprint density at radius 3 is 2.81 bits per heavy atom. The molecule has 1 unspecified atom stereocenters. The SMILES string of the molecule is Oc1ccc(CNCC(O)C2CC2)cc1F. The standard InChI is InChI=1S/C12H16FNO2/c13-10-5-8(1-4-11(10)15)6-14-7-12(16)9-2-3-9/h1,4-5,9,12,14-16H,2-3,6-7H2. The molecule has 0 bridgehead atoms. The van der Waals surface area contributed by atoms with Gasteiger partial charge in [-0.2, -0.15) is 0 Å². The molecule has 0 amide bonds. The maximum Gasteiger partial charge on any atom is 0.165 e. The summed E-state index contributed by atoms with van der Waals surface area (Å²) in [4.78, 5) is 0. The van der Waals surface area contributed by atoms with Gasteiger partial charge in [-0.3, -0.25) is 0 Å². The molecule has 4 heteroatoms. The Labute approximate surface area is 93.9 Å². The van der Waals surface area contributed by atoms with Gasteiger partial charge in [0, 0.05) is 13.1 Å². The summed E-state index contributed by atoms with van der Waals surface area (Å²) in [5.74, 6) is -0.493. The fourth-order valence-corrected chi connectivity index (χ4v) is 1.67. The van der Waals surface area contributed by atoms with Crippen LogP contribution in [0.2, 0.25) is 0 Å². The van der Waals surface area contributed by atoms with Crippen molar-refractivity contribution in [3.63, 3.8) is 0 Å². The Morgan fingerprint density at radius 1 is 1.44 bits per heavy atom. The quantitative estimate of drug-likeness (QED) is 0.710. The fourth-order valence-electron chi connectivity index (χ4n) is 1.67. The first kappa shape index (κ1) is 11.4. The zero-order chi connectivity index (χ0) is 11.5. The van der Waals surface area contributed by atoms with Crippen LogP contribution in [0.4, 0.5) is 4.39 Å². The van der Waals surface area contributed by atoms with Crippen molar-refractivity contribution in [2.75, 3.05) is 6.54 Å². The van der Waals surface area contributed by atoms with E-state index < -0.39 is 5.82 Å². The molecule has 1 aliphatic carbocycles. The molecule has 88 valence electrons. The summed E-state index contributed by atoms with van der Waals surface area (Å²) in [5, 5.41) is 21.7. The third kappa shape index (κ3) is 2.93. The van der Waals surface area contributed by atoms with Crippen molar-refractivity contribution in [1.82, 2.24) is 5.32 Å². The minimum Gasteiger partial charge on any atom is -0.505 e. The number of aromatic hydroxyl groups is 1. The van der Waals surface area contributed by atoms with Crippen molar-refractivity contribution in [2.45, 2.75) is 25.5 Å². The van der Waals surface area contributed by atoms with Crippen LogP contribution in [0, 0.1) is 11.7 Å². The fraction of sp³-hybridized carbons (Fsp3) is 0.500. The third-order valence-electron chi connectivity index (χ3n) is 2.86. The molecule has 1 aromatic carbocycles. The second-order valence-electron chi connectivity index (χ2n) is 4.32. The van der Waals surface area contributed by atoms with E-state index in [-0.39, 0.29) is 11.9 Å². The van der Waals surface area contributed by atoms with Crippen LogP contribution in [-0.2, 0) is 6.54 Å². The number of phenols is 1. The highest BCUT2D eigenvalue weighted by molar-refractivity contribution is 5.27. The maximum atomic E-state index is 13.0. The number of hydrogen-bond acceptors (Lipinski definition) is 3. The molecule has 0 saturated heterocycles. The molecule has 16 heavy (non-hydrogen) atoms. The van der Waals surface area contributed by atoms with Gasteiger partial charge in [-0.1, -0.05) is 6.07 Å². The van der Waals surface area contributed by atoms with Gasteiger partial charge in [-0.05, 0) is 36.5 Å². The molecule has 1 atom stereocenters. The summed E-state index contributed by atoms with van der Waals surface area (Å²) in [6.07, 6.45) is 1.93. The molecule has 0 spiro atoms. The summed E-state index contributed by atoms with van der Waals surface area (Å²) in [7, 11) is 0. The van der Waals surface area contributed by atoms with Crippen molar-refractivity contribution >= 4 is 0 Å². The highest BCUT2D eigenvalue weighted by Crippen LogP contribution is 2.32. The van der Waals surface area contributed by atoms with Gasteiger partial charge in [-0.15, -0.1) is 0 Å². The summed E-state index contributed by atoms with van der Waals surface area (Å²) < 4.78 is 13.0. The Hall–Kier alpha value is -1.13. The Morgan fingerprint density at radius 2 is 2.19 bits per heavy atom. The zero-order valence-electron chi connectivity index (χ0n) is 8.99. The normalized spacial score (nSPS) is 17.4. The average molecular weight is 225 g/mol. The van der Waals surface area contributed by atoms with Crippen LogP contribution in [-0.4, -0.2) is 22.9 Å². The summed E-state index contributed by atoms with van der Waals surface area (Å²) in [6.45, 7) is 1.04. The molecule has 0 radical (unpaired) electrons. The molecule has 3 N–H and O–H groups in total. The van der Waals surface area contributed by atoms with E-state index in [0.717, 1.165) is 18.4 Å². The molecule has 0 aliphatic heterocycles. The van der Waals surface area contributed by atoms with Crippen molar-refractivity contribution in [1.29, 1.82) is 0 Å². The first-order chi connectivity index (χ1) is 7.66. The van der Waals surface area contributed by atoms with Gasteiger partial charge in [0.05, 0.1) is 6.10 Å². The van der Waals surface area contributed by atoms with Gasteiger partial charge in [0.15, 0.2) is 11.6 Å². The predicted octanol–water partition coefficient (Wildman–Crippen LogP) is 1.39. The van der Waals surface area contributed by atoms with Crippen LogP contribution < -0.4 is 5.32 Å². The van der Waals surface area contributed by atoms with Gasteiger partial charge in [0.25, 0.3) is 0 Å². The summed E-state index contributed by atoms with van der Waals surface area (Å²) in [5.41, 5.74) is 0.762. The molecule has 0 heterocycles. The number of aliphatic hydroxyl groups is 1. The second-order valence-corrected chi connectivity index (χ2v) is 4.32. The molecule has 2 rings (SSSR count). The van der Waals surface area contributed by atoms with E-state index in [0.29, 0.717) is 19.0 Å². The molecule has 3 nitrogen and oxygen atoms in total. The van der Waals surface area contributed by atoms with Gasteiger partial charge < -0.3 is 15.5 Å². The van der Waals surface area contributed by atoms with Crippen molar-refractivity contribution in [3.05, 3.63) is 29.6 Å². The lowest BCUT2D eigenvalue weighted by atomic mass is 10.2. The highest BCUT2D eigenvalue weighted by atomic mass is 19.1. The number of phenolic OH excluding ortho intramolecular Hbond substituents is 1. The monoisotopic (exact) mass is 225 g/mol. The molecular formula is C12H16FNO2. The van der Waals surface area contributed by atoms with Crippen LogP contribution in [0.25, 0.3) is 0 Å². The molecule has 1 aliphatic rings. The zero-order valence-corrected chi connectivity index (χ0v) is 8.99. The smallest absolute Gasteiger partial charge is 0.165 e. The van der Waals surface area contributed by atoms with Crippen LogP contribution in [0.1, 0.15) is 18.4 Å². The van der Waals surface area contributed by atoms with Crippen molar-refractivity contribution in [2.24, 2.45) is 5.92 Å². The number of benzene rings is 1. The lowest BCUT2D eigenvalue weighted by Gasteiger charge is -2.10. The number of halogens is 1. The Bertz CT molecular complexity index is 366. The largest absolute Gasteiger partial charge is 0.505 e. The van der Waals surface area contributed by atoms with E-state index >= 15 is 0 Å². The number of aliphatic hydroxyl groups excluding tert-OH is 1. The first-order valence-electron chi connectivity index (χ1n) is 5.53. The van der Waals surface area contributed by atoms with Crippen LogP contribution in [0.3, 0.4) is 0 Å². The third-order valence-corrected chi connectivity index (χ3v) is 2.86. The van der Waals surface area contributed by atoms with Gasteiger partial charge in [-0.25, -0.2) is 4.39 Å². The van der Waals surface area contributed by atoms with Crippen LogP contribution >= 0.6 is 0 Å². The van der Waals surface area contributed by atoms with Gasteiger partial charge >= 0.3 is 0 Å². The predicted molar refractivity (Wildman–Crippen MR) is 58.5 cm³/mol. The second kappa shape index (κ2) is 4.80. The minimum absolute atomic E-state index is 0.290. The van der Waals surface area contributed by atoms with Crippen LogP contribution in [0.5, 0.6) is 5.75 Å². The summed E-state index contributed by atoms with van der Waals surface area (Å²) >= 11 is 0. The average Bonchev–Trinajstić information content (AvgIpc) is 3.07. The van der Waals surface area contributed by atoms with E-state index in [9.17, 15) is 9.50 Å². The highest BCUT2D eigenvalue weighted by Gasteiger charge is 2.28. The molecule has 1 saturated carbocycles. The van der Waals surface area contributed by atoms with Gasteiger partial charge in [0.1, 0.15) is 0 Å². The lowest BCUT2D eigenvalue weighted by molar-refractivity contribution is 0.148.